The van der Waals surface area contributed by atoms with E-state index in [1.165, 1.54) is 19.2 Å². The van der Waals surface area contributed by atoms with Crippen LogP contribution in [0.2, 0.25) is 0 Å². The number of anilines is 1. The number of methoxy groups -OCH3 is 1. The fraction of sp³-hybridized carbons (Fsp3) is 0.559. The van der Waals surface area contributed by atoms with Gasteiger partial charge in [0, 0.05) is 17.8 Å². The van der Waals surface area contributed by atoms with Crippen molar-refractivity contribution in [1.82, 2.24) is 5.32 Å². The maximum atomic E-state index is 15.1. The molecule has 0 aromatic heterocycles. The van der Waals surface area contributed by atoms with Gasteiger partial charge in [-0.15, -0.1) is 0 Å². The molecular formula is C34H43FN2O6. The number of hydrogen-bond donors (Lipinski definition) is 2. The Kier molecular flexibility index (Phi) is 9.57. The first-order valence-corrected chi connectivity index (χ1v) is 15.6. The summed E-state index contributed by atoms with van der Waals surface area (Å²) in [6, 6.07) is 10.1. The number of fused-ring (bicyclic) bond motifs is 2. The Morgan fingerprint density at radius 3 is 2.42 bits per heavy atom. The molecule has 232 valence electrons. The summed E-state index contributed by atoms with van der Waals surface area (Å²) in [4.78, 5) is 39.3. The van der Waals surface area contributed by atoms with Gasteiger partial charge in [-0.25, -0.2) is 4.39 Å². The number of esters is 1. The third-order valence-corrected chi connectivity index (χ3v) is 9.42. The van der Waals surface area contributed by atoms with E-state index in [4.69, 9.17) is 14.2 Å². The largest absolute Gasteiger partial charge is 0.496 e. The normalized spacial score (nSPS) is 26.2. The van der Waals surface area contributed by atoms with E-state index < -0.39 is 11.7 Å². The van der Waals surface area contributed by atoms with Gasteiger partial charge in [-0.05, 0) is 93.4 Å². The van der Waals surface area contributed by atoms with Gasteiger partial charge >= 0.3 is 5.97 Å². The summed E-state index contributed by atoms with van der Waals surface area (Å²) in [6.07, 6.45) is 4.88. The number of halogens is 1. The summed E-state index contributed by atoms with van der Waals surface area (Å²) in [6.45, 7) is 6.35. The molecule has 2 bridgehead atoms. The summed E-state index contributed by atoms with van der Waals surface area (Å²) in [5.41, 5.74) is 2.05. The van der Waals surface area contributed by atoms with Crippen molar-refractivity contribution in [2.24, 2.45) is 23.7 Å². The number of rotatable bonds is 10. The summed E-state index contributed by atoms with van der Waals surface area (Å²) in [5, 5.41) is 6.21. The lowest BCUT2D eigenvalue weighted by Crippen LogP contribution is -2.48. The average Bonchev–Trinajstić information content (AvgIpc) is 3.60. The van der Waals surface area contributed by atoms with Gasteiger partial charge < -0.3 is 24.8 Å². The monoisotopic (exact) mass is 594 g/mol. The zero-order valence-electron chi connectivity index (χ0n) is 25.5. The summed E-state index contributed by atoms with van der Waals surface area (Å²) >= 11 is 0. The maximum Gasteiger partial charge on any atom is 0.308 e. The van der Waals surface area contributed by atoms with Gasteiger partial charge in [0.1, 0.15) is 5.75 Å². The van der Waals surface area contributed by atoms with Crippen molar-refractivity contribution in [3.63, 3.8) is 0 Å². The number of benzene rings is 2. The van der Waals surface area contributed by atoms with Crippen LogP contribution in [0.3, 0.4) is 0 Å². The molecule has 3 aliphatic carbocycles. The third-order valence-electron chi connectivity index (χ3n) is 9.42. The minimum absolute atomic E-state index is 0.0298. The zero-order chi connectivity index (χ0) is 30.7. The highest BCUT2D eigenvalue weighted by Gasteiger charge is 2.51. The lowest BCUT2D eigenvalue weighted by molar-refractivity contribution is -0.149. The van der Waals surface area contributed by atoms with Gasteiger partial charge in [-0.3, -0.25) is 14.4 Å². The van der Waals surface area contributed by atoms with Crippen molar-refractivity contribution in [2.75, 3.05) is 19.0 Å². The van der Waals surface area contributed by atoms with Crippen LogP contribution < -0.4 is 20.1 Å². The van der Waals surface area contributed by atoms with Crippen LogP contribution >= 0.6 is 0 Å². The van der Waals surface area contributed by atoms with E-state index in [0.717, 1.165) is 30.5 Å². The summed E-state index contributed by atoms with van der Waals surface area (Å²) in [7, 11) is 1.39. The molecule has 3 saturated carbocycles. The van der Waals surface area contributed by atoms with Gasteiger partial charge in [0.05, 0.1) is 37.2 Å². The van der Waals surface area contributed by atoms with Crippen LogP contribution in [0.4, 0.5) is 10.1 Å². The van der Waals surface area contributed by atoms with Crippen molar-refractivity contribution in [2.45, 2.75) is 83.8 Å². The second kappa shape index (κ2) is 13.3. The molecule has 2 amide bonds. The fourth-order valence-electron chi connectivity index (χ4n) is 7.13. The van der Waals surface area contributed by atoms with Gasteiger partial charge in [0.2, 0.25) is 5.91 Å². The highest BCUT2D eigenvalue weighted by molar-refractivity contribution is 5.99. The van der Waals surface area contributed by atoms with E-state index in [0.29, 0.717) is 38.2 Å². The number of ether oxygens (including phenoxy) is 3. The summed E-state index contributed by atoms with van der Waals surface area (Å²) in [5.74, 6) is -1.07. The number of hydrogen-bond acceptors (Lipinski definition) is 6. The molecule has 2 N–H and O–H groups in total. The molecule has 4 atom stereocenters. The van der Waals surface area contributed by atoms with E-state index in [9.17, 15) is 14.4 Å². The van der Waals surface area contributed by atoms with E-state index in [-0.39, 0.29) is 64.8 Å². The Labute approximate surface area is 253 Å². The number of amides is 2. The summed E-state index contributed by atoms with van der Waals surface area (Å²) < 4.78 is 31.6. The second-order valence-corrected chi connectivity index (χ2v) is 12.5. The van der Waals surface area contributed by atoms with Crippen LogP contribution in [0.25, 0.3) is 0 Å². The molecule has 2 aromatic rings. The molecule has 3 fully saturated rings. The molecule has 5 rings (SSSR count). The minimum atomic E-state index is -0.623. The van der Waals surface area contributed by atoms with Crippen molar-refractivity contribution in [3.8, 4) is 11.5 Å². The molecule has 0 aliphatic heterocycles. The van der Waals surface area contributed by atoms with Crippen molar-refractivity contribution in [3.05, 3.63) is 53.3 Å². The van der Waals surface area contributed by atoms with Crippen LogP contribution in [-0.2, 0) is 14.3 Å². The van der Waals surface area contributed by atoms with Gasteiger partial charge in [-0.1, -0.05) is 26.0 Å². The van der Waals surface area contributed by atoms with E-state index >= 15 is 4.39 Å². The Morgan fingerprint density at radius 1 is 0.977 bits per heavy atom. The van der Waals surface area contributed by atoms with E-state index in [1.807, 2.05) is 24.3 Å². The third kappa shape index (κ3) is 6.81. The lowest BCUT2D eigenvalue weighted by atomic mass is 9.83. The maximum absolute atomic E-state index is 15.1. The van der Waals surface area contributed by atoms with E-state index in [2.05, 4.69) is 24.5 Å². The predicted octanol–water partition coefficient (Wildman–Crippen LogP) is 6.24. The van der Waals surface area contributed by atoms with Gasteiger partial charge in [-0.2, -0.15) is 0 Å². The second-order valence-electron chi connectivity index (χ2n) is 12.5. The van der Waals surface area contributed by atoms with Crippen LogP contribution in [0, 0.1) is 29.5 Å². The van der Waals surface area contributed by atoms with Crippen molar-refractivity contribution >= 4 is 23.5 Å². The smallest absolute Gasteiger partial charge is 0.308 e. The van der Waals surface area contributed by atoms with Crippen LogP contribution in [-0.4, -0.2) is 43.6 Å². The predicted molar refractivity (Wildman–Crippen MR) is 161 cm³/mol. The number of carbonyl (C=O) groups excluding carboxylic acids is 3. The molecule has 0 heterocycles. The molecule has 0 spiro atoms. The molecule has 0 unspecified atom stereocenters. The first kappa shape index (κ1) is 30.8. The fourth-order valence-corrected chi connectivity index (χ4v) is 7.13. The van der Waals surface area contributed by atoms with Crippen LogP contribution in [0.1, 0.15) is 87.6 Å². The molecule has 3 aliphatic rings. The molecule has 43 heavy (non-hydrogen) atoms. The number of nitrogens with one attached hydrogen (secondary N) is 2. The van der Waals surface area contributed by atoms with Crippen LogP contribution in [0.15, 0.2) is 36.4 Å². The average molecular weight is 595 g/mol. The van der Waals surface area contributed by atoms with Crippen molar-refractivity contribution < 1.29 is 33.0 Å². The topological polar surface area (TPSA) is 103 Å². The van der Waals surface area contributed by atoms with E-state index in [1.54, 1.807) is 6.92 Å². The zero-order valence-corrected chi connectivity index (χ0v) is 25.5. The Bertz CT molecular complexity index is 1340. The Hall–Kier alpha value is -3.62. The Balaban J connectivity index is 1.28. The lowest BCUT2D eigenvalue weighted by Gasteiger charge is -2.31. The molecule has 0 radical (unpaired) electrons. The molecule has 8 nitrogen and oxygen atoms in total. The first-order valence-electron chi connectivity index (χ1n) is 15.6. The van der Waals surface area contributed by atoms with Gasteiger partial charge in [0.15, 0.2) is 11.6 Å². The van der Waals surface area contributed by atoms with Crippen LogP contribution in [0.5, 0.6) is 11.5 Å². The highest BCUT2D eigenvalue weighted by atomic mass is 19.1. The molecule has 2 aromatic carbocycles. The quantitative estimate of drug-likeness (QED) is 0.316. The highest BCUT2D eigenvalue weighted by Crippen LogP contribution is 2.49. The molecule has 9 heteroatoms. The SMILES string of the molecule is CCOC(=O)C1CCC(Oc2cc(C(=O)N[C@@H]3[C@H]4CC[C@H](C4)[C@@H]3C(=O)Nc3cccc(C(C)C)c3)c(OC)cc2F)CC1. The van der Waals surface area contributed by atoms with Crippen molar-refractivity contribution in [1.29, 1.82) is 0 Å². The van der Waals surface area contributed by atoms with Gasteiger partial charge in [0.25, 0.3) is 5.91 Å². The molecular weight excluding hydrogens is 551 g/mol. The standard InChI is InChI=1S/C34H43FN2O6/c1-5-42-34(40)20-11-13-25(14-12-20)43-29-17-26(28(41-4)18-27(29)35)32(38)37-31-23-10-9-22(15-23)30(31)33(39)36-24-8-6-7-21(16-24)19(2)3/h6-8,16-20,22-23,25,30-31H,5,9-15H2,1-4H3,(H,36,39)(H,37,38)/t20?,22-,23+,25?,30+,31-/m1/s1. The molecule has 0 saturated heterocycles. The minimum Gasteiger partial charge on any atom is -0.496 e. The number of carbonyl (C=O) groups is 3. The Morgan fingerprint density at radius 2 is 1.72 bits per heavy atom. The first-order chi connectivity index (χ1) is 20.7.